The first-order chi connectivity index (χ1) is 11.5. The highest BCUT2D eigenvalue weighted by Crippen LogP contribution is 2.12. The van der Waals surface area contributed by atoms with Crippen molar-refractivity contribution in [3.05, 3.63) is 41.5 Å². The van der Waals surface area contributed by atoms with Crippen molar-refractivity contribution in [3.8, 4) is 0 Å². The van der Waals surface area contributed by atoms with Gasteiger partial charge in [0.1, 0.15) is 0 Å². The lowest BCUT2D eigenvalue weighted by Crippen LogP contribution is -2.46. The molecule has 1 aliphatic heterocycles. The van der Waals surface area contributed by atoms with Crippen molar-refractivity contribution >= 4 is 23.5 Å². The number of benzene rings is 1. The summed E-state index contributed by atoms with van der Waals surface area (Å²) in [6.45, 7) is 4.39. The SMILES string of the molecule is COC(=O)c1ccc(NC(=O)/C(C)=C/C(=O)N2CCNCC2)cc1. The van der Waals surface area contributed by atoms with Crippen molar-refractivity contribution in [2.45, 2.75) is 6.92 Å². The van der Waals surface area contributed by atoms with Gasteiger partial charge in [0.25, 0.3) is 5.91 Å². The molecule has 2 rings (SSSR count). The number of amides is 2. The number of nitrogens with zero attached hydrogens (tertiary/aromatic N) is 1. The Labute approximate surface area is 140 Å². The van der Waals surface area contributed by atoms with Crippen LogP contribution in [0.5, 0.6) is 0 Å². The van der Waals surface area contributed by atoms with Gasteiger partial charge in [-0.25, -0.2) is 4.79 Å². The predicted octanol–water partition coefficient (Wildman–Crippen LogP) is 0.790. The maximum Gasteiger partial charge on any atom is 0.337 e. The van der Waals surface area contributed by atoms with Crippen LogP contribution >= 0.6 is 0 Å². The van der Waals surface area contributed by atoms with Gasteiger partial charge in [0.05, 0.1) is 12.7 Å². The van der Waals surface area contributed by atoms with Crippen LogP contribution in [-0.2, 0) is 14.3 Å². The molecule has 1 fully saturated rings. The number of anilines is 1. The van der Waals surface area contributed by atoms with Crippen molar-refractivity contribution in [1.29, 1.82) is 0 Å². The molecule has 0 unspecified atom stereocenters. The Morgan fingerprint density at radius 1 is 1.17 bits per heavy atom. The van der Waals surface area contributed by atoms with Crippen LogP contribution in [0.25, 0.3) is 0 Å². The van der Waals surface area contributed by atoms with Gasteiger partial charge in [-0.3, -0.25) is 9.59 Å². The molecule has 2 amide bonds. The molecule has 24 heavy (non-hydrogen) atoms. The van der Waals surface area contributed by atoms with E-state index in [9.17, 15) is 14.4 Å². The minimum Gasteiger partial charge on any atom is -0.465 e. The van der Waals surface area contributed by atoms with Gasteiger partial charge in [0.15, 0.2) is 0 Å². The predicted molar refractivity (Wildman–Crippen MR) is 89.6 cm³/mol. The Bertz CT molecular complexity index is 646. The normalized spacial score (nSPS) is 14.9. The van der Waals surface area contributed by atoms with Crippen LogP contribution in [-0.4, -0.2) is 56.0 Å². The molecule has 1 aromatic carbocycles. The number of ether oxygens (including phenoxy) is 1. The first-order valence-electron chi connectivity index (χ1n) is 7.69. The summed E-state index contributed by atoms with van der Waals surface area (Å²) >= 11 is 0. The molecule has 1 heterocycles. The number of hydrogen-bond acceptors (Lipinski definition) is 5. The highest BCUT2D eigenvalue weighted by molar-refractivity contribution is 6.07. The second-order valence-corrected chi connectivity index (χ2v) is 5.43. The van der Waals surface area contributed by atoms with E-state index in [0.717, 1.165) is 13.1 Å². The number of esters is 1. The molecular formula is C17H21N3O4. The number of nitrogens with one attached hydrogen (secondary N) is 2. The second-order valence-electron chi connectivity index (χ2n) is 5.43. The minimum atomic E-state index is -0.439. The second kappa shape index (κ2) is 8.26. The topological polar surface area (TPSA) is 87.7 Å². The lowest BCUT2D eigenvalue weighted by molar-refractivity contribution is -0.127. The fraction of sp³-hybridized carbons (Fsp3) is 0.353. The summed E-state index contributed by atoms with van der Waals surface area (Å²) in [5, 5.41) is 5.86. The van der Waals surface area contributed by atoms with Crippen LogP contribution in [0.1, 0.15) is 17.3 Å². The smallest absolute Gasteiger partial charge is 0.337 e. The zero-order chi connectivity index (χ0) is 17.5. The van der Waals surface area contributed by atoms with Crippen molar-refractivity contribution in [1.82, 2.24) is 10.2 Å². The Balaban J connectivity index is 1.96. The highest BCUT2D eigenvalue weighted by atomic mass is 16.5. The van der Waals surface area contributed by atoms with E-state index in [1.165, 1.54) is 13.2 Å². The molecule has 0 aliphatic carbocycles. The van der Waals surface area contributed by atoms with Crippen molar-refractivity contribution in [2.24, 2.45) is 0 Å². The van der Waals surface area contributed by atoms with E-state index in [-0.39, 0.29) is 11.8 Å². The molecular weight excluding hydrogens is 310 g/mol. The maximum absolute atomic E-state index is 12.2. The third-order valence-corrected chi connectivity index (χ3v) is 3.69. The summed E-state index contributed by atoms with van der Waals surface area (Å²) in [6, 6.07) is 6.34. The summed E-state index contributed by atoms with van der Waals surface area (Å²) in [5.41, 5.74) is 1.27. The molecule has 0 atom stereocenters. The molecule has 0 aromatic heterocycles. The summed E-state index contributed by atoms with van der Waals surface area (Å²) in [5.74, 6) is -0.958. The minimum absolute atomic E-state index is 0.162. The van der Waals surface area contributed by atoms with Crippen molar-refractivity contribution < 1.29 is 19.1 Å². The van der Waals surface area contributed by atoms with Gasteiger partial charge in [-0.15, -0.1) is 0 Å². The molecule has 7 heteroatoms. The Hall–Kier alpha value is -2.67. The van der Waals surface area contributed by atoms with Gasteiger partial charge in [-0.1, -0.05) is 0 Å². The van der Waals surface area contributed by atoms with Gasteiger partial charge >= 0.3 is 5.97 Å². The van der Waals surface area contributed by atoms with E-state index in [0.29, 0.717) is 29.9 Å². The monoisotopic (exact) mass is 331 g/mol. The average Bonchev–Trinajstić information content (AvgIpc) is 2.62. The van der Waals surface area contributed by atoms with Gasteiger partial charge in [0, 0.05) is 43.5 Å². The van der Waals surface area contributed by atoms with Gasteiger partial charge in [0.2, 0.25) is 5.91 Å². The molecule has 0 bridgehead atoms. The standard InChI is InChI=1S/C17H21N3O4/c1-12(11-15(21)20-9-7-18-8-10-20)16(22)19-14-5-3-13(4-6-14)17(23)24-2/h3-6,11,18H,7-10H2,1-2H3,(H,19,22)/b12-11+. The van der Waals surface area contributed by atoms with Crippen LogP contribution < -0.4 is 10.6 Å². The van der Waals surface area contributed by atoms with E-state index in [1.807, 2.05) is 0 Å². The van der Waals surface area contributed by atoms with E-state index in [1.54, 1.807) is 36.1 Å². The molecule has 7 nitrogen and oxygen atoms in total. The molecule has 1 aliphatic rings. The van der Waals surface area contributed by atoms with Crippen molar-refractivity contribution in [3.63, 3.8) is 0 Å². The highest BCUT2D eigenvalue weighted by Gasteiger charge is 2.16. The number of rotatable bonds is 4. The first-order valence-corrected chi connectivity index (χ1v) is 7.69. The van der Waals surface area contributed by atoms with Gasteiger partial charge < -0.3 is 20.3 Å². The number of hydrogen-bond donors (Lipinski definition) is 2. The van der Waals surface area contributed by atoms with E-state index >= 15 is 0 Å². The molecule has 0 saturated carbocycles. The summed E-state index contributed by atoms with van der Waals surface area (Å²) in [4.78, 5) is 37.3. The quantitative estimate of drug-likeness (QED) is 0.629. The van der Waals surface area contributed by atoms with E-state index in [2.05, 4.69) is 15.4 Å². The third kappa shape index (κ3) is 4.66. The zero-order valence-electron chi connectivity index (χ0n) is 13.8. The summed E-state index contributed by atoms with van der Waals surface area (Å²) < 4.78 is 4.61. The van der Waals surface area contributed by atoms with Crippen LogP contribution in [0.15, 0.2) is 35.9 Å². The molecule has 2 N–H and O–H groups in total. The van der Waals surface area contributed by atoms with E-state index in [4.69, 9.17) is 0 Å². The molecule has 0 radical (unpaired) electrons. The molecule has 1 saturated heterocycles. The summed E-state index contributed by atoms with van der Waals surface area (Å²) in [6.07, 6.45) is 1.35. The third-order valence-electron chi connectivity index (χ3n) is 3.69. The van der Waals surface area contributed by atoms with Gasteiger partial charge in [-0.2, -0.15) is 0 Å². The van der Waals surface area contributed by atoms with Crippen LogP contribution in [0, 0.1) is 0 Å². The Kier molecular flexibility index (Phi) is 6.08. The number of carbonyl (C=O) groups excluding carboxylic acids is 3. The average molecular weight is 331 g/mol. The fourth-order valence-corrected chi connectivity index (χ4v) is 2.26. The number of piperazine rings is 1. The van der Waals surface area contributed by atoms with Gasteiger partial charge in [-0.05, 0) is 31.2 Å². The molecule has 1 aromatic rings. The summed E-state index contributed by atoms with van der Waals surface area (Å²) in [7, 11) is 1.31. The lowest BCUT2D eigenvalue weighted by atomic mass is 10.2. The number of carbonyl (C=O) groups is 3. The Morgan fingerprint density at radius 3 is 2.38 bits per heavy atom. The number of methoxy groups -OCH3 is 1. The molecule has 0 spiro atoms. The maximum atomic E-state index is 12.2. The fourth-order valence-electron chi connectivity index (χ4n) is 2.26. The first kappa shape index (κ1) is 17.7. The van der Waals surface area contributed by atoms with Crippen LogP contribution in [0.2, 0.25) is 0 Å². The van der Waals surface area contributed by atoms with Crippen LogP contribution in [0.4, 0.5) is 5.69 Å². The lowest BCUT2D eigenvalue weighted by Gasteiger charge is -2.26. The largest absolute Gasteiger partial charge is 0.465 e. The van der Waals surface area contributed by atoms with E-state index < -0.39 is 5.97 Å². The molecule has 128 valence electrons. The van der Waals surface area contributed by atoms with Crippen molar-refractivity contribution in [2.75, 3.05) is 38.6 Å². The van der Waals surface area contributed by atoms with Crippen LogP contribution in [0.3, 0.4) is 0 Å². The zero-order valence-corrected chi connectivity index (χ0v) is 13.8. The Morgan fingerprint density at radius 2 is 1.79 bits per heavy atom.